The molecule has 0 saturated carbocycles. The number of nitrogens with one attached hydrogen (secondary N) is 1. The Hall–Kier alpha value is -4.10. The molecular formula is C33H32N2O4S. The van der Waals surface area contributed by atoms with Crippen molar-refractivity contribution in [2.75, 3.05) is 6.61 Å². The number of rotatable bonds is 8. The summed E-state index contributed by atoms with van der Waals surface area (Å²) in [5, 5.41) is 3.17. The maximum absolute atomic E-state index is 13.3. The first-order valence-electron chi connectivity index (χ1n) is 13.3. The summed E-state index contributed by atoms with van der Waals surface area (Å²) >= 11 is 1.00. The number of hydrogen-bond donors (Lipinski definition) is 1. The number of fused-ring (bicyclic) bond motifs is 3. The predicted molar refractivity (Wildman–Crippen MR) is 158 cm³/mol. The van der Waals surface area contributed by atoms with E-state index in [0.29, 0.717) is 11.4 Å². The van der Waals surface area contributed by atoms with E-state index in [4.69, 9.17) is 9.47 Å². The molecule has 204 valence electrons. The highest BCUT2D eigenvalue weighted by atomic mass is 32.2. The molecule has 0 fully saturated rings. The zero-order valence-electron chi connectivity index (χ0n) is 22.8. The lowest BCUT2D eigenvalue weighted by molar-refractivity contribution is -0.112. The van der Waals surface area contributed by atoms with Gasteiger partial charge in [0.05, 0.1) is 0 Å². The van der Waals surface area contributed by atoms with E-state index in [-0.39, 0.29) is 23.2 Å². The van der Waals surface area contributed by atoms with Crippen LogP contribution in [0.25, 0.3) is 11.1 Å². The highest BCUT2D eigenvalue weighted by molar-refractivity contribution is 8.13. The highest BCUT2D eigenvalue weighted by Gasteiger charge is 2.30. The third kappa shape index (κ3) is 6.72. The summed E-state index contributed by atoms with van der Waals surface area (Å²) in [5.41, 5.74) is 5.15. The smallest absolute Gasteiger partial charge is 0.407 e. The Morgan fingerprint density at radius 2 is 1.50 bits per heavy atom. The Labute approximate surface area is 239 Å². The largest absolute Gasteiger partial charge is 0.488 e. The molecule has 0 aliphatic heterocycles. The van der Waals surface area contributed by atoms with Crippen molar-refractivity contribution in [1.82, 2.24) is 10.3 Å². The number of amides is 1. The maximum atomic E-state index is 13.3. The van der Waals surface area contributed by atoms with E-state index in [1.54, 1.807) is 18.3 Å². The van der Waals surface area contributed by atoms with Gasteiger partial charge in [0.2, 0.25) is 5.12 Å². The van der Waals surface area contributed by atoms with Gasteiger partial charge in [0, 0.05) is 18.5 Å². The van der Waals surface area contributed by atoms with Gasteiger partial charge in [0.25, 0.3) is 0 Å². The number of benzene rings is 3. The van der Waals surface area contributed by atoms with Crippen LogP contribution in [0.4, 0.5) is 4.79 Å². The topological polar surface area (TPSA) is 77.5 Å². The van der Waals surface area contributed by atoms with Crippen LogP contribution in [0.15, 0.2) is 102 Å². The summed E-state index contributed by atoms with van der Waals surface area (Å²) in [6, 6.07) is 28.5. The number of aromatic nitrogens is 1. The fraction of sp³-hybridized carbons (Fsp3) is 0.242. The van der Waals surface area contributed by atoms with Gasteiger partial charge in [-0.3, -0.25) is 4.79 Å². The predicted octanol–water partition coefficient (Wildman–Crippen LogP) is 7.03. The highest BCUT2D eigenvalue weighted by Crippen LogP contribution is 2.44. The standard InChI is InChI=1S/C33H32N2O4S/c1-33(2,3)39-23-17-15-22(16-18-23)20-29(31(36)40-30-14-8-9-19-34-30)35-32(37)38-21-28-26-12-6-4-10-24(26)25-11-5-7-13-27(25)28/h4-19,28-29H,20-21H2,1-3H3,(H,35,37)/t29-/m0/s1. The van der Waals surface area contributed by atoms with Gasteiger partial charge >= 0.3 is 6.09 Å². The molecule has 1 aliphatic carbocycles. The Kier molecular flexibility index (Phi) is 8.21. The van der Waals surface area contributed by atoms with E-state index in [0.717, 1.165) is 45.3 Å². The number of ether oxygens (including phenoxy) is 2. The summed E-state index contributed by atoms with van der Waals surface area (Å²) in [7, 11) is 0. The van der Waals surface area contributed by atoms with Crippen molar-refractivity contribution in [1.29, 1.82) is 0 Å². The zero-order chi connectivity index (χ0) is 28.1. The van der Waals surface area contributed by atoms with Gasteiger partial charge in [0.1, 0.15) is 29.0 Å². The molecular weight excluding hydrogens is 520 g/mol. The lowest BCUT2D eigenvalue weighted by Crippen LogP contribution is -2.42. The Morgan fingerprint density at radius 3 is 2.10 bits per heavy atom. The SMILES string of the molecule is CC(C)(C)Oc1ccc(C[C@H](NC(=O)OCC2c3ccccc3-c3ccccc32)C(=O)Sc2ccccn2)cc1. The second-order valence-electron chi connectivity index (χ2n) is 10.7. The molecule has 1 N–H and O–H groups in total. The average molecular weight is 553 g/mol. The first-order valence-corrected chi connectivity index (χ1v) is 14.1. The number of carbonyl (C=O) groups is 2. The van der Waals surface area contributed by atoms with Crippen molar-refractivity contribution in [2.45, 2.75) is 49.8 Å². The molecule has 1 aromatic heterocycles. The summed E-state index contributed by atoms with van der Waals surface area (Å²) < 4.78 is 11.6. The van der Waals surface area contributed by atoms with Crippen LogP contribution in [0.2, 0.25) is 0 Å². The molecule has 0 spiro atoms. The molecule has 3 aromatic carbocycles. The zero-order valence-corrected chi connectivity index (χ0v) is 23.6. The molecule has 1 amide bonds. The third-order valence-electron chi connectivity index (χ3n) is 6.55. The molecule has 0 radical (unpaired) electrons. The van der Waals surface area contributed by atoms with Crippen molar-refractivity contribution in [3.63, 3.8) is 0 Å². The van der Waals surface area contributed by atoms with Crippen molar-refractivity contribution in [2.24, 2.45) is 0 Å². The molecule has 1 heterocycles. The molecule has 5 rings (SSSR count). The third-order valence-corrected chi connectivity index (χ3v) is 7.49. The van der Waals surface area contributed by atoms with Crippen LogP contribution in [0.3, 0.4) is 0 Å². The van der Waals surface area contributed by atoms with Crippen LogP contribution >= 0.6 is 11.8 Å². The molecule has 6 nitrogen and oxygen atoms in total. The minimum atomic E-state index is -0.808. The van der Waals surface area contributed by atoms with Crippen molar-refractivity contribution in [3.05, 3.63) is 114 Å². The lowest BCUT2D eigenvalue weighted by Gasteiger charge is -2.22. The van der Waals surface area contributed by atoms with Gasteiger partial charge < -0.3 is 14.8 Å². The Bertz CT molecular complexity index is 1440. The normalized spacial score (nSPS) is 13.2. The fourth-order valence-electron chi connectivity index (χ4n) is 4.84. The summed E-state index contributed by atoms with van der Waals surface area (Å²) in [6.45, 7) is 6.14. The number of pyridine rings is 1. The monoisotopic (exact) mass is 552 g/mol. The molecule has 0 bridgehead atoms. The van der Waals surface area contributed by atoms with Crippen molar-refractivity contribution >= 4 is 23.0 Å². The van der Waals surface area contributed by atoms with Crippen LogP contribution in [-0.4, -0.2) is 34.4 Å². The molecule has 1 aliphatic rings. The van der Waals surface area contributed by atoms with Gasteiger partial charge in [-0.05, 0) is 84.6 Å². The lowest BCUT2D eigenvalue weighted by atomic mass is 9.98. The first-order chi connectivity index (χ1) is 19.3. The van der Waals surface area contributed by atoms with Crippen LogP contribution in [0.5, 0.6) is 5.75 Å². The quantitative estimate of drug-likeness (QED) is 0.237. The molecule has 4 aromatic rings. The fourth-order valence-corrected chi connectivity index (χ4v) is 5.59. The van der Waals surface area contributed by atoms with Crippen molar-refractivity contribution < 1.29 is 19.1 Å². The Morgan fingerprint density at radius 1 is 0.875 bits per heavy atom. The molecule has 40 heavy (non-hydrogen) atoms. The van der Waals surface area contributed by atoms with E-state index in [9.17, 15) is 9.59 Å². The van der Waals surface area contributed by atoms with Crippen LogP contribution in [0, 0.1) is 0 Å². The van der Waals surface area contributed by atoms with Gasteiger partial charge in [-0.25, -0.2) is 9.78 Å². The summed E-state index contributed by atoms with van der Waals surface area (Å²) in [4.78, 5) is 30.6. The molecule has 7 heteroatoms. The van der Waals surface area contributed by atoms with Gasteiger partial charge in [-0.15, -0.1) is 0 Å². The average Bonchev–Trinajstić information content (AvgIpc) is 3.26. The molecule has 0 unspecified atom stereocenters. The number of alkyl carbamates (subject to hydrolysis) is 1. The maximum Gasteiger partial charge on any atom is 0.407 e. The van der Waals surface area contributed by atoms with Crippen LogP contribution < -0.4 is 10.1 Å². The Balaban J connectivity index is 1.29. The van der Waals surface area contributed by atoms with E-state index in [1.807, 2.05) is 75.4 Å². The van der Waals surface area contributed by atoms with Gasteiger partial charge in [0.15, 0.2) is 0 Å². The summed E-state index contributed by atoms with van der Waals surface area (Å²) in [5.74, 6) is 0.678. The number of hydrogen-bond acceptors (Lipinski definition) is 6. The van der Waals surface area contributed by atoms with Crippen LogP contribution in [-0.2, 0) is 16.0 Å². The minimum absolute atomic E-state index is 0.0643. The second kappa shape index (κ2) is 12.0. The summed E-state index contributed by atoms with van der Waals surface area (Å²) in [6.07, 6.45) is 1.31. The molecule has 0 saturated heterocycles. The number of nitrogens with zero attached hydrogens (tertiary/aromatic N) is 1. The van der Waals surface area contributed by atoms with Gasteiger partial charge in [-0.1, -0.05) is 66.7 Å². The second-order valence-corrected chi connectivity index (χ2v) is 11.7. The molecule has 1 atom stereocenters. The minimum Gasteiger partial charge on any atom is -0.488 e. The first kappa shape index (κ1) is 27.5. The number of carbonyl (C=O) groups excluding carboxylic acids is 2. The van der Waals surface area contributed by atoms with Crippen LogP contribution in [0.1, 0.15) is 43.4 Å². The van der Waals surface area contributed by atoms with E-state index < -0.39 is 12.1 Å². The van der Waals surface area contributed by atoms with E-state index in [1.165, 1.54) is 0 Å². The van der Waals surface area contributed by atoms with E-state index >= 15 is 0 Å². The van der Waals surface area contributed by atoms with E-state index in [2.05, 4.69) is 34.6 Å². The van der Waals surface area contributed by atoms with Crippen molar-refractivity contribution in [3.8, 4) is 16.9 Å². The number of thioether (sulfide) groups is 1. The van der Waals surface area contributed by atoms with Gasteiger partial charge in [-0.2, -0.15) is 0 Å².